The van der Waals surface area contributed by atoms with E-state index in [4.69, 9.17) is 5.73 Å². The van der Waals surface area contributed by atoms with Crippen LogP contribution in [0, 0.1) is 5.82 Å². The predicted octanol–water partition coefficient (Wildman–Crippen LogP) is 1.26. The third kappa shape index (κ3) is 5.98. The van der Waals surface area contributed by atoms with Gasteiger partial charge in [-0.2, -0.15) is 0 Å². The molecule has 0 aliphatic carbocycles. The van der Waals surface area contributed by atoms with Crippen LogP contribution in [0.2, 0.25) is 0 Å². The Kier molecular flexibility index (Phi) is 5.90. The number of hydrogen-bond acceptors (Lipinski definition) is 4. The van der Waals surface area contributed by atoms with Gasteiger partial charge in [-0.15, -0.1) is 0 Å². The van der Waals surface area contributed by atoms with Crippen LogP contribution in [-0.2, 0) is 14.8 Å². The zero-order valence-electron chi connectivity index (χ0n) is 11.1. The summed E-state index contributed by atoms with van der Waals surface area (Å²) in [4.78, 5) is 11.6. The predicted molar refractivity (Wildman–Crippen MR) is 76.4 cm³/mol. The molecule has 6 nitrogen and oxygen atoms in total. The lowest BCUT2D eigenvalue weighted by atomic mass is 10.2. The number of halogens is 1. The van der Waals surface area contributed by atoms with Crippen LogP contribution in [0.3, 0.4) is 0 Å². The van der Waals surface area contributed by atoms with Gasteiger partial charge in [0.25, 0.3) is 0 Å². The van der Waals surface area contributed by atoms with Gasteiger partial charge in [-0.3, -0.25) is 9.52 Å². The molecule has 1 rings (SSSR count). The lowest BCUT2D eigenvalue weighted by Crippen LogP contribution is -2.14. The molecule has 0 radical (unpaired) electrons. The summed E-state index contributed by atoms with van der Waals surface area (Å²) in [6, 6.07) is 3.68. The second-order valence-electron chi connectivity index (χ2n) is 4.36. The van der Waals surface area contributed by atoms with Crippen molar-refractivity contribution < 1.29 is 17.6 Å². The molecular formula is C12H18FN3O3S. The largest absolute Gasteiger partial charge is 0.330 e. The third-order valence-corrected chi connectivity index (χ3v) is 2.99. The van der Waals surface area contributed by atoms with Crippen molar-refractivity contribution in [2.75, 3.05) is 22.8 Å². The maximum atomic E-state index is 13.4. The van der Waals surface area contributed by atoms with Gasteiger partial charge in [0.1, 0.15) is 5.82 Å². The van der Waals surface area contributed by atoms with Gasteiger partial charge < -0.3 is 11.1 Å². The normalized spacial score (nSPS) is 11.2. The highest BCUT2D eigenvalue weighted by Crippen LogP contribution is 2.20. The van der Waals surface area contributed by atoms with E-state index >= 15 is 0 Å². The number of hydrogen-bond donors (Lipinski definition) is 3. The standard InChI is InChI=1S/C12H18FN3O3S/c1-20(18,19)16-11-8-9(5-6-10(11)13)15-12(17)4-2-3-7-14/h5-6,8,16H,2-4,7,14H2,1H3,(H,15,17). The molecule has 0 unspecified atom stereocenters. The zero-order valence-corrected chi connectivity index (χ0v) is 12.0. The highest BCUT2D eigenvalue weighted by Gasteiger charge is 2.10. The van der Waals surface area contributed by atoms with Gasteiger partial charge in [0.2, 0.25) is 15.9 Å². The average Bonchev–Trinajstić information content (AvgIpc) is 2.32. The van der Waals surface area contributed by atoms with Crippen molar-refractivity contribution in [3.8, 4) is 0 Å². The van der Waals surface area contributed by atoms with Gasteiger partial charge in [0.05, 0.1) is 11.9 Å². The minimum atomic E-state index is -3.58. The molecule has 0 heterocycles. The molecule has 112 valence electrons. The lowest BCUT2D eigenvalue weighted by Gasteiger charge is -2.09. The highest BCUT2D eigenvalue weighted by atomic mass is 32.2. The van der Waals surface area contributed by atoms with E-state index in [0.29, 0.717) is 25.1 Å². The first-order chi connectivity index (χ1) is 9.31. The van der Waals surface area contributed by atoms with Crippen LogP contribution in [0.15, 0.2) is 18.2 Å². The summed E-state index contributed by atoms with van der Waals surface area (Å²) in [6.07, 6.45) is 2.64. The smallest absolute Gasteiger partial charge is 0.229 e. The number of sulfonamides is 1. The van der Waals surface area contributed by atoms with E-state index in [1.807, 2.05) is 4.72 Å². The number of unbranched alkanes of at least 4 members (excludes halogenated alkanes) is 1. The Morgan fingerprint density at radius 1 is 1.35 bits per heavy atom. The van der Waals surface area contributed by atoms with E-state index in [0.717, 1.165) is 18.7 Å². The van der Waals surface area contributed by atoms with Crippen molar-refractivity contribution in [3.05, 3.63) is 24.0 Å². The molecule has 0 saturated carbocycles. The van der Waals surface area contributed by atoms with Crippen LogP contribution >= 0.6 is 0 Å². The van der Waals surface area contributed by atoms with Gasteiger partial charge >= 0.3 is 0 Å². The number of benzene rings is 1. The van der Waals surface area contributed by atoms with Crippen molar-refractivity contribution in [2.24, 2.45) is 5.73 Å². The summed E-state index contributed by atoms with van der Waals surface area (Å²) in [5.74, 6) is -0.938. The van der Waals surface area contributed by atoms with Gasteiger partial charge in [0, 0.05) is 12.1 Å². The molecule has 1 amide bonds. The Bertz CT molecular complexity index is 575. The third-order valence-electron chi connectivity index (χ3n) is 2.40. The number of anilines is 2. The first-order valence-electron chi connectivity index (χ1n) is 6.09. The second-order valence-corrected chi connectivity index (χ2v) is 6.11. The van der Waals surface area contributed by atoms with E-state index in [1.54, 1.807) is 0 Å². The summed E-state index contributed by atoms with van der Waals surface area (Å²) in [5.41, 5.74) is 5.45. The maximum Gasteiger partial charge on any atom is 0.229 e. The van der Waals surface area contributed by atoms with Crippen LogP contribution in [0.5, 0.6) is 0 Å². The van der Waals surface area contributed by atoms with Crippen molar-refractivity contribution in [2.45, 2.75) is 19.3 Å². The SMILES string of the molecule is CS(=O)(=O)Nc1cc(NC(=O)CCCCN)ccc1F. The Labute approximate surface area is 117 Å². The van der Waals surface area contributed by atoms with Crippen molar-refractivity contribution >= 4 is 27.3 Å². The molecule has 20 heavy (non-hydrogen) atoms. The van der Waals surface area contributed by atoms with Crippen LogP contribution < -0.4 is 15.8 Å². The summed E-state index contributed by atoms with van der Waals surface area (Å²) in [6.45, 7) is 0.520. The molecule has 0 aliphatic rings. The van der Waals surface area contributed by atoms with Crippen LogP contribution in [0.4, 0.5) is 15.8 Å². The van der Waals surface area contributed by atoms with E-state index in [-0.39, 0.29) is 11.6 Å². The minimum Gasteiger partial charge on any atom is -0.330 e. The molecule has 0 fully saturated rings. The molecule has 0 aromatic heterocycles. The highest BCUT2D eigenvalue weighted by molar-refractivity contribution is 7.92. The van der Waals surface area contributed by atoms with Crippen molar-refractivity contribution in [3.63, 3.8) is 0 Å². The lowest BCUT2D eigenvalue weighted by molar-refractivity contribution is -0.116. The molecule has 8 heteroatoms. The number of rotatable bonds is 7. The van der Waals surface area contributed by atoms with Crippen LogP contribution in [0.1, 0.15) is 19.3 Å². The fourth-order valence-corrected chi connectivity index (χ4v) is 2.09. The number of nitrogens with one attached hydrogen (secondary N) is 2. The monoisotopic (exact) mass is 303 g/mol. The second kappa shape index (κ2) is 7.20. The molecule has 0 atom stereocenters. The molecule has 0 bridgehead atoms. The van der Waals surface area contributed by atoms with E-state index in [9.17, 15) is 17.6 Å². The number of carbonyl (C=O) groups is 1. The van der Waals surface area contributed by atoms with Gasteiger partial charge in [-0.1, -0.05) is 0 Å². The van der Waals surface area contributed by atoms with Crippen LogP contribution in [0.25, 0.3) is 0 Å². The molecule has 0 aliphatic heterocycles. The molecule has 1 aromatic rings. The fourth-order valence-electron chi connectivity index (χ4n) is 1.53. The zero-order chi connectivity index (χ0) is 15.2. The maximum absolute atomic E-state index is 13.4. The quantitative estimate of drug-likeness (QED) is 0.660. The molecule has 0 saturated heterocycles. The van der Waals surface area contributed by atoms with Crippen molar-refractivity contribution in [1.82, 2.24) is 0 Å². The van der Waals surface area contributed by atoms with Crippen molar-refractivity contribution in [1.29, 1.82) is 0 Å². The van der Waals surface area contributed by atoms with E-state index in [1.165, 1.54) is 12.1 Å². The minimum absolute atomic E-state index is 0.202. The Morgan fingerprint density at radius 2 is 2.05 bits per heavy atom. The summed E-state index contributed by atoms with van der Waals surface area (Å²) >= 11 is 0. The first-order valence-corrected chi connectivity index (χ1v) is 7.98. The molecule has 1 aromatic carbocycles. The molecule has 0 spiro atoms. The summed E-state index contributed by atoms with van der Waals surface area (Å²) in [7, 11) is -3.58. The van der Waals surface area contributed by atoms with Gasteiger partial charge in [-0.25, -0.2) is 12.8 Å². The van der Waals surface area contributed by atoms with Crippen LogP contribution in [-0.4, -0.2) is 27.1 Å². The average molecular weight is 303 g/mol. The first kappa shape index (κ1) is 16.4. The topological polar surface area (TPSA) is 101 Å². The molecular weight excluding hydrogens is 285 g/mol. The van der Waals surface area contributed by atoms with Gasteiger partial charge in [-0.05, 0) is 37.6 Å². The molecule has 4 N–H and O–H groups in total. The number of carbonyl (C=O) groups excluding carboxylic acids is 1. The van der Waals surface area contributed by atoms with E-state index < -0.39 is 15.8 Å². The Hall–Kier alpha value is -1.67. The Morgan fingerprint density at radius 3 is 2.65 bits per heavy atom. The van der Waals surface area contributed by atoms with E-state index in [2.05, 4.69) is 5.32 Å². The summed E-state index contributed by atoms with van der Waals surface area (Å²) in [5, 5.41) is 2.57. The fraction of sp³-hybridized carbons (Fsp3) is 0.417. The van der Waals surface area contributed by atoms with Gasteiger partial charge in [0.15, 0.2) is 0 Å². The number of nitrogens with two attached hydrogens (primary N) is 1. The summed E-state index contributed by atoms with van der Waals surface area (Å²) < 4.78 is 37.6. The Balaban J connectivity index is 2.72. The number of amides is 1.